The van der Waals surface area contributed by atoms with E-state index in [1.54, 1.807) is 0 Å². The third kappa shape index (κ3) is 3.14. The molecule has 0 amide bonds. The number of halogens is 1. The van der Waals surface area contributed by atoms with Crippen molar-refractivity contribution < 1.29 is 5.11 Å². The van der Waals surface area contributed by atoms with Gasteiger partial charge in [-0.05, 0) is 30.5 Å². The van der Waals surface area contributed by atoms with Crippen LogP contribution < -0.4 is 0 Å². The lowest BCUT2D eigenvalue weighted by atomic mass is 10.0. The first kappa shape index (κ1) is 14.0. The van der Waals surface area contributed by atoms with Crippen molar-refractivity contribution >= 4 is 11.6 Å². The molecule has 5 heteroatoms. The summed E-state index contributed by atoms with van der Waals surface area (Å²) in [7, 11) is 0. The number of aryl methyl sites for hydroxylation is 1. The standard InChI is InChI=1S/C14H18ClN3O/c1-3-7-18-14(16-9-17-18)8-13(19)11-5-4-6-12(15)10(11)2/h4-6,9,13,19H,3,7-8H2,1-2H3. The normalized spacial score (nSPS) is 12.6. The molecule has 1 aromatic heterocycles. The fraction of sp³-hybridized carbons (Fsp3) is 0.429. The highest BCUT2D eigenvalue weighted by atomic mass is 35.5. The molecule has 4 nitrogen and oxygen atoms in total. The zero-order chi connectivity index (χ0) is 13.8. The van der Waals surface area contributed by atoms with E-state index in [0.29, 0.717) is 11.4 Å². The number of benzene rings is 1. The van der Waals surface area contributed by atoms with Crippen LogP contribution in [0.2, 0.25) is 5.02 Å². The van der Waals surface area contributed by atoms with E-state index >= 15 is 0 Å². The molecule has 0 bridgehead atoms. The largest absolute Gasteiger partial charge is 0.388 e. The Labute approximate surface area is 118 Å². The Morgan fingerprint density at radius 3 is 2.95 bits per heavy atom. The maximum Gasteiger partial charge on any atom is 0.138 e. The van der Waals surface area contributed by atoms with E-state index in [2.05, 4.69) is 17.0 Å². The summed E-state index contributed by atoms with van der Waals surface area (Å²) in [5, 5.41) is 15.2. The quantitative estimate of drug-likeness (QED) is 0.915. The molecular weight excluding hydrogens is 262 g/mol. The summed E-state index contributed by atoms with van der Waals surface area (Å²) in [6.07, 6.45) is 2.35. The van der Waals surface area contributed by atoms with Gasteiger partial charge in [-0.15, -0.1) is 0 Å². The number of aromatic nitrogens is 3. The Hall–Kier alpha value is -1.39. The van der Waals surface area contributed by atoms with Gasteiger partial charge in [0, 0.05) is 18.0 Å². The number of hydrogen-bond acceptors (Lipinski definition) is 3. The Morgan fingerprint density at radius 2 is 2.21 bits per heavy atom. The van der Waals surface area contributed by atoms with Gasteiger partial charge in [-0.25, -0.2) is 4.98 Å². The number of nitrogens with zero attached hydrogens (tertiary/aromatic N) is 3. The monoisotopic (exact) mass is 279 g/mol. The predicted molar refractivity (Wildman–Crippen MR) is 75.2 cm³/mol. The Kier molecular flexibility index (Phi) is 4.56. The second-order valence-electron chi connectivity index (χ2n) is 4.57. The molecule has 102 valence electrons. The van der Waals surface area contributed by atoms with Crippen molar-refractivity contribution in [3.8, 4) is 0 Å². The lowest BCUT2D eigenvalue weighted by Crippen LogP contribution is -2.11. The van der Waals surface area contributed by atoms with Crippen molar-refractivity contribution in [1.29, 1.82) is 0 Å². The zero-order valence-electron chi connectivity index (χ0n) is 11.2. The van der Waals surface area contributed by atoms with Gasteiger partial charge in [0.2, 0.25) is 0 Å². The van der Waals surface area contributed by atoms with Crippen molar-refractivity contribution in [3.63, 3.8) is 0 Å². The van der Waals surface area contributed by atoms with E-state index in [1.165, 1.54) is 6.33 Å². The van der Waals surface area contributed by atoms with Crippen LogP contribution in [0, 0.1) is 6.92 Å². The van der Waals surface area contributed by atoms with Crippen molar-refractivity contribution in [2.75, 3.05) is 0 Å². The molecule has 0 aliphatic rings. The highest BCUT2D eigenvalue weighted by Crippen LogP contribution is 2.26. The number of aliphatic hydroxyl groups is 1. The van der Waals surface area contributed by atoms with Gasteiger partial charge >= 0.3 is 0 Å². The number of hydrogen-bond donors (Lipinski definition) is 1. The molecule has 0 aliphatic heterocycles. The van der Waals surface area contributed by atoms with E-state index in [1.807, 2.05) is 29.8 Å². The topological polar surface area (TPSA) is 50.9 Å². The SMILES string of the molecule is CCCn1ncnc1CC(O)c1cccc(Cl)c1C. The smallest absolute Gasteiger partial charge is 0.138 e. The summed E-state index contributed by atoms with van der Waals surface area (Å²) < 4.78 is 1.84. The van der Waals surface area contributed by atoms with Gasteiger partial charge < -0.3 is 5.11 Å². The summed E-state index contributed by atoms with van der Waals surface area (Å²) in [4.78, 5) is 4.21. The molecule has 0 saturated carbocycles. The Morgan fingerprint density at radius 1 is 1.42 bits per heavy atom. The molecule has 2 rings (SSSR count). The van der Waals surface area contributed by atoms with Gasteiger partial charge in [0.05, 0.1) is 6.10 Å². The molecule has 1 N–H and O–H groups in total. The molecule has 0 radical (unpaired) electrons. The van der Waals surface area contributed by atoms with E-state index in [4.69, 9.17) is 11.6 Å². The molecule has 0 aliphatic carbocycles. The summed E-state index contributed by atoms with van der Waals surface area (Å²) in [6, 6.07) is 5.57. The highest BCUT2D eigenvalue weighted by Gasteiger charge is 2.15. The predicted octanol–water partition coefficient (Wildman–Crippen LogP) is 2.93. The van der Waals surface area contributed by atoms with E-state index in [0.717, 1.165) is 29.9 Å². The maximum atomic E-state index is 10.4. The van der Waals surface area contributed by atoms with Crippen molar-refractivity contribution in [2.45, 2.75) is 39.3 Å². The average molecular weight is 280 g/mol. The van der Waals surface area contributed by atoms with Gasteiger partial charge in [-0.2, -0.15) is 5.10 Å². The summed E-state index contributed by atoms with van der Waals surface area (Å²) >= 11 is 6.08. The van der Waals surface area contributed by atoms with Crippen molar-refractivity contribution in [2.24, 2.45) is 0 Å². The molecular formula is C14H18ClN3O. The molecule has 0 fully saturated rings. The fourth-order valence-corrected chi connectivity index (χ4v) is 2.29. The molecule has 1 atom stereocenters. The van der Waals surface area contributed by atoms with Crippen LogP contribution in [0.5, 0.6) is 0 Å². The molecule has 0 spiro atoms. The minimum Gasteiger partial charge on any atom is -0.388 e. The Balaban J connectivity index is 2.18. The highest BCUT2D eigenvalue weighted by molar-refractivity contribution is 6.31. The molecule has 1 aromatic carbocycles. The first-order valence-corrected chi connectivity index (χ1v) is 6.81. The van der Waals surface area contributed by atoms with Gasteiger partial charge in [0.15, 0.2) is 0 Å². The van der Waals surface area contributed by atoms with Crippen LogP contribution in [0.25, 0.3) is 0 Å². The maximum absolute atomic E-state index is 10.4. The number of aliphatic hydroxyl groups excluding tert-OH is 1. The van der Waals surface area contributed by atoms with E-state index in [9.17, 15) is 5.11 Å². The van der Waals surface area contributed by atoms with Gasteiger partial charge in [-0.3, -0.25) is 4.68 Å². The second-order valence-corrected chi connectivity index (χ2v) is 4.98. The third-order valence-electron chi connectivity index (χ3n) is 3.18. The summed E-state index contributed by atoms with van der Waals surface area (Å²) in [5.41, 5.74) is 1.76. The first-order valence-electron chi connectivity index (χ1n) is 6.43. The average Bonchev–Trinajstić information content (AvgIpc) is 2.80. The lowest BCUT2D eigenvalue weighted by molar-refractivity contribution is 0.173. The summed E-state index contributed by atoms with van der Waals surface area (Å²) in [6.45, 7) is 4.82. The Bertz CT molecular complexity index is 553. The van der Waals surface area contributed by atoms with Crippen molar-refractivity contribution in [1.82, 2.24) is 14.8 Å². The van der Waals surface area contributed by atoms with Crippen LogP contribution in [0.4, 0.5) is 0 Å². The van der Waals surface area contributed by atoms with E-state index in [-0.39, 0.29) is 0 Å². The lowest BCUT2D eigenvalue weighted by Gasteiger charge is -2.14. The van der Waals surface area contributed by atoms with Crippen LogP contribution in [0.15, 0.2) is 24.5 Å². The molecule has 1 unspecified atom stereocenters. The van der Waals surface area contributed by atoms with Gasteiger partial charge in [0.25, 0.3) is 0 Å². The van der Waals surface area contributed by atoms with E-state index < -0.39 is 6.10 Å². The van der Waals surface area contributed by atoms with Crippen LogP contribution >= 0.6 is 11.6 Å². The van der Waals surface area contributed by atoms with Crippen LogP contribution in [-0.2, 0) is 13.0 Å². The minimum absolute atomic E-state index is 0.446. The molecule has 0 saturated heterocycles. The fourth-order valence-electron chi connectivity index (χ4n) is 2.11. The molecule has 2 aromatic rings. The first-order chi connectivity index (χ1) is 9.13. The van der Waals surface area contributed by atoms with Gasteiger partial charge in [0.1, 0.15) is 12.2 Å². The van der Waals surface area contributed by atoms with Crippen LogP contribution in [0.1, 0.15) is 36.4 Å². The van der Waals surface area contributed by atoms with Crippen molar-refractivity contribution in [3.05, 3.63) is 46.5 Å². The second kappa shape index (κ2) is 6.17. The number of rotatable bonds is 5. The minimum atomic E-state index is -0.612. The summed E-state index contributed by atoms with van der Waals surface area (Å²) in [5.74, 6) is 0.800. The zero-order valence-corrected chi connectivity index (χ0v) is 11.9. The molecule has 1 heterocycles. The van der Waals surface area contributed by atoms with Crippen LogP contribution in [0.3, 0.4) is 0 Å². The third-order valence-corrected chi connectivity index (χ3v) is 3.59. The molecule has 19 heavy (non-hydrogen) atoms. The van der Waals surface area contributed by atoms with Gasteiger partial charge in [-0.1, -0.05) is 30.7 Å². The van der Waals surface area contributed by atoms with Crippen LogP contribution in [-0.4, -0.2) is 19.9 Å².